The second kappa shape index (κ2) is 11.3. The van der Waals surface area contributed by atoms with E-state index < -0.39 is 24.0 Å². The van der Waals surface area contributed by atoms with E-state index in [9.17, 15) is 14.0 Å². The van der Waals surface area contributed by atoms with Crippen molar-refractivity contribution < 1.29 is 13.2 Å². The van der Waals surface area contributed by atoms with Gasteiger partial charge in [-0.2, -0.15) is 9.65 Å². The Morgan fingerprint density at radius 3 is 2.53 bits per heavy atom. The average molecular weight is 635 g/mol. The summed E-state index contributed by atoms with van der Waals surface area (Å²) >= 11 is 6.87. The van der Waals surface area contributed by atoms with E-state index in [1.165, 1.54) is 6.20 Å². The van der Waals surface area contributed by atoms with Crippen LogP contribution in [0.3, 0.4) is 0 Å². The van der Waals surface area contributed by atoms with Crippen molar-refractivity contribution in [3.8, 4) is 6.07 Å². The van der Waals surface area contributed by atoms with Crippen LogP contribution in [0, 0.1) is 16.7 Å². The molecule has 4 aromatic rings. The minimum absolute atomic E-state index is 0.0725. The van der Waals surface area contributed by atoms with E-state index in [0.717, 1.165) is 10.4 Å². The quantitative estimate of drug-likeness (QED) is 0.197. The van der Waals surface area contributed by atoms with E-state index in [1.807, 2.05) is 47.2 Å². The molecule has 3 heterocycles. The van der Waals surface area contributed by atoms with Gasteiger partial charge in [0.05, 0.1) is 27.3 Å². The van der Waals surface area contributed by atoms with Crippen molar-refractivity contribution in [2.24, 2.45) is 5.41 Å². The van der Waals surface area contributed by atoms with Crippen LogP contribution in [0.25, 0.3) is 21.8 Å². The number of nitriles is 1. The second-order valence-corrected chi connectivity index (χ2v) is 13.4. The van der Waals surface area contributed by atoms with Crippen LogP contribution >= 0.6 is 11.6 Å². The lowest BCUT2D eigenvalue weighted by Crippen LogP contribution is -2.49. The minimum Gasteiger partial charge on any atom is -0.372 e. The molecule has 1 aliphatic carbocycles. The second-order valence-electron chi connectivity index (χ2n) is 13.0. The molecule has 45 heavy (non-hydrogen) atoms. The topological polar surface area (TPSA) is 83.4 Å². The maximum absolute atomic E-state index is 16.3. The molecule has 234 valence electrons. The number of hydrogen-bond acceptors (Lipinski definition) is 8. The summed E-state index contributed by atoms with van der Waals surface area (Å²) in [4.78, 5) is 12.9. The van der Waals surface area contributed by atoms with Crippen molar-refractivity contribution in [1.82, 2.24) is 25.9 Å². The zero-order chi connectivity index (χ0) is 32.3. The number of aromatic nitrogens is 2. The van der Waals surface area contributed by atoms with Gasteiger partial charge in [-0.3, -0.25) is 15.0 Å². The predicted octanol–water partition coefficient (Wildman–Crippen LogP) is 7.23. The van der Waals surface area contributed by atoms with Gasteiger partial charge in [0.25, 0.3) is 6.43 Å². The molecule has 1 atom stereocenters. The van der Waals surface area contributed by atoms with Crippen LogP contribution in [0.4, 0.5) is 24.5 Å². The third kappa shape index (κ3) is 5.36. The molecule has 0 spiro atoms. The summed E-state index contributed by atoms with van der Waals surface area (Å²) in [5, 5.41) is 12.7. The molecule has 8 nitrogen and oxygen atoms in total. The van der Waals surface area contributed by atoms with Crippen LogP contribution in [-0.2, 0) is 0 Å². The van der Waals surface area contributed by atoms with Crippen LogP contribution in [0.5, 0.6) is 0 Å². The van der Waals surface area contributed by atoms with E-state index in [1.54, 1.807) is 25.4 Å². The van der Waals surface area contributed by atoms with Crippen LogP contribution in [0.1, 0.15) is 50.8 Å². The molecule has 0 radical (unpaired) electrons. The van der Waals surface area contributed by atoms with Gasteiger partial charge >= 0.3 is 0 Å². The monoisotopic (exact) mass is 634 g/mol. The molecule has 1 aliphatic heterocycles. The maximum atomic E-state index is 16.3. The van der Waals surface area contributed by atoms with Gasteiger partial charge in [0, 0.05) is 49.5 Å². The standard InChI is InChI=1S/C33H34ClF3N8/c1-32(2,3)18-43(4)28-19(16-38)17-40-26-23(28)14-20(15-24(26)34)44(5)29(22-8-6-10-25-21(22)9-7-13-39-25)27-30(35)45(42-41-27)33(11-12-33)31(36)37/h6-10,13-15,17,29,31,41-42H,11-12,18H2,1-5H3/t29-/m0/s1. The largest absolute Gasteiger partial charge is 0.372 e. The normalized spacial score (nSPS) is 16.7. The fraction of sp³-hybridized carbons (Fsp3) is 0.364. The number of halogens is 4. The molecule has 0 unspecified atom stereocenters. The highest BCUT2D eigenvalue weighted by Crippen LogP contribution is 2.50. The molecular weight excluding hydrogens is 601 g/mol. The van der Waals surface area contributed by atoms with Gasteiger partial charge in [0.1, 0.15) is 23.3 Å². The van der Waals surface area contributed by atoms with Gasteiger partial charge in [0.2, 0.25) is 5.95 Å². The van der Waals surface area contributed by atoms with Crippen molar-refractivity contribution >= 4 is 44.8 Å². The van der Waals surface area contributed by atoms with E-state index in [2.05, 4.69) is 47.8 Å². The summed E-state index contributed by atoms with van der Waals surface area (Å²) in [6.07, 6.45) is 0.799. The number of nitrogens with zero attached hydrogens (tertiary/aromatic N) is 6. The summed E-state index contributed by atoms with van der Waals surface area (Å²) in [6, 6.07) is 14.3. The number of nitrogens with one attached hydrogen (secondary N) is 2. The lowest BCUT2D eigenvalue weighted by molar-refractivity contribution is -0.00954. The van der Waals surface area contributed by atoms with E-state index in [-0.39, 0.29) is 24.0 Å². The molecule has 2 aliphatic rings. The summed E-state index contributed by atoms with van der Waals surface area (Å²) in [6.45, 7) is 6.99. The number of alkyl halides is 2. The summed E-state index contributed by atoms with van der Waals surface area (Å²) < 4.78 is 44.5. The smallest absolute Gasteiger partial charge is 0.263 e. The molecule has 2 N–H and O–H groups in total. The first kappa shape index (κ1) is 30.7. The highest BCUT2D eigenvalue weighted by atomic mass is 35.5. The first-order chi connectivity index (χ1) is 21.4. The number of anilines is 2. The SMILES string of the molecule is CN(CC(C)(C)C)c1c(C#N)cnc2c(Cl)cc(N(C)[C@H](C3=C(F)N(C4(C(F)F)CC4)NN3)c3cccc4ncccc34)cc12. The Kier molecular flexibility index (Phi) is 7.70. The number of hydrogen-bond donors (Lipinski definition) is 2. The maximum Gasteiger partial charge on any atom is 0.263 e. The molecule has 0 saturated heterocycles. The molecule has 6 rings (SSSR count). The Morgan fingerprint density at radius 1 is 1.11 bits per heavy atom. The van der Waals surface area contributed by atoms with E-state index >= 15 is 4.39 Å². The summed E-state index contributed by atoms with van der Waals surface area (Å²) in [5.74, 6) is -0.809. The highest BCUT2D eigenvalue weighted by molar-refractivity contribution is 6.36. The number of benzene rings is 2. The predicted molar refractivity (Wildman–Crippen MR) is 171 cm³/mol. The molecule has 0 bridgehead atoms. The molecule has 1 saturated carbocycles. The minimum atomic E-state index is -2.74. The zero-order valence-corrected chi connectivity index (χ0v) is 26.4. The zero-order valence-electron chi connectivity index (χ0n) is 25.7. The van der Waals surface area contributed by atoms with Crippen molar-refractivity contribution in [1.29, 1.82) is 5.26 Å². The molecular formula is C33H34ClF3N8. The number of likely N-dealkylation sites (N-methyl/N-ethyl adjacent to an activating group) is 1. The van der Waals surface area contributed by atoms with Gasteiger partial charge in [-0.1, -0.05) is 50.6 Å². The van der Waals surface area contributed by atoms with Gasteiger partial charge in [-0.05, 0) is 48.1 Å². The first-order valence-electron chi connectivity index (χ1n) is 14.7. The first-order valence-corrected chi connectivity index (χ1v) is 15.0. The molecule has 1 fully saturated rings. The lowest BCUT2D eigenvalue weighted by Gasteiger charge is -2.33. The molecule has 12 heteroatoms. The van der Waals surface area contributed by atoms with Crippen LogP contribution in [0.15, 0.2) is 66.5 Å². The molecule has 0 amide bonds. The van der Waals surface area contributed by atoms with Gasteiger partial charge in [-0.25, -0.2) is 8.78 Å². The number of fused-ring (bicyclic) bond motifs is 2. The van der Waals surface area contributed by atoms with Gasteiger partial charge in [-0.15, -0.1) is 5.53 Å². The third-order valence-corrected chi connectivity index (χ3v) is 8.76. The van der Waals surface area contributed by atoms with E-state index in [4.69, 9.17) is 11.6 Å². The Hall–Kier alpha value is -4.27. The van der Waals surface area contributed by atoms with Crippen molar-refractivity contribution in [2.75, 3.05) is 30.4 Å². The van der Waals surface area contributed by atoms with Gasteiger partial charge in [0.15, 0.2) is 0 Å². The molecule has 2 aromatic heterocycles. The van der Waals surface area contributed by atoms with Crippen LogP contribution < -0.4 is 20.8 Å². The number of hydrazine groups is 2. The van der Waals surface area contributed by atoms with Crippen LogP contribution in [0.2, 0.25) is 5.02 Å². The fourth-order valence-corrected chi connectivity index (χ4v) is 6.55. The fourth-order valence-electron chi connectivity index (χ4n) is 6.28. The van der Waals surface area contributed by atoms with Crippen molar-refractivity contribution in [3.05, 3.63) is 82.7 Å². The van der Waals surface area contributed by atoms with Crippen molar-refractivity contribution in [2.45, 2.75) is 51.6 Å². The van der Waals surface area contributed by atoms with Gasteiger partial charge < -0.3 is 15.2 Å². The summed E-state index contributed by atoms with van der Waals surface area (Å²) in [7, 11) is 3.72. The highest BCUT2D eigenvalue weighted by Gasteiger charge is 2.59. The van der Waals surface area contributed by atoms with E-state index in [0.29, 0.717) is 50.5 Å². The average Bonchev–Trinajstić information content (AvgIpc) is 3.72. The lowest BCUT2D eigenvalue weighted by atomic mass is 9.95. The Balaban J connectivity index is 1.55. The Labute approximate surface area is 265 Å². The Morgan fingerprint density at radius 2 is 1.87 bits per heavy atom. The molecule has 2 aromatic carbocycles. The van der Waals surface area contributed by atoms with Crippen LogP contribution in [-0.4, -0.2) is 47.6 Å². The summed E-state index contributed by atoms with van der Waals surface area (Å²) in [5.41, 5.74) is 7.58. The van der Waals surface area contributed by atoms with Crippen molar-refractivity contribution in [3.63, 3.8) is 0 Å². The Bertz CT molecular complexity index is 1860. The number of rotatable bonds is 8. The number of pyridine rings is 2. The third-order valence-electron chi connectivity index (χ3n) is 8.47.